The van der Waals surface area contributed by atoms with Crippen molar-refractivity contribution < 1.29 is 9.53 Å². The van der Waals surface area contributed by atoms with Crippen LogP contribution >= 0.6 is 0 Å². The highest BCUT2D eigenvalue weighted by Gasteiger charge is 2.29. The molecule has 5 nitrogen and oxygen atoms in total. The van der Waals surface area contributed by atoms with Crippen LogP contribution in [0.2, 0.25) is 0 Å². The van der Waals surface area contributed by atoms with Crippen molar-refractivity contribution in [2.24, 2.45) is 0 Å². The average Bonchev–Trinajstić information content (AvgIpc) is 3.12. The third-order valence-corrected chi connectivity index (χ3v) is 4.30. The quantitative estimate of drug-likeness (QED) is 0.939. The Bertz CT molecular complexity index is 782. The smallest absolute Gasteiger partial charge is 0.321 e. The molecule has 0 unspecified atom stereocenters. The molecule has 1 aliphatic heterocycles. The van der Waals surface area contributed by atoms with Crippen LogP contribution in [-0.4, -0.2) is 31.1 Å². The van der Waals surface area contributed by atoms with Gasteiger partial charge in [0.2, 0.25) is 0 Å². The van der Waals surface area contributed by atoms with Gasteiger partial charge in [-0.15, -0.1) is 0 Å². The van der Waals surface area contributed by atoms with Crippen molar-refractivity contribution in [1.29, 1.82) is 5.26 Å². The molecule has 0 saturated carbocycles. The fraction of sp³-hybridized carbons (Fsp3) is 0.263. The van der Waals surface area contributed by atoms with E-state index in [9.17, 15) is 4.79 Å². The van der Waals surface area contributed by atoms with Crippen molar-refractivity contribution in [2.45, 2.75) is 12.3 Å². The normalized spacial score (nSPS) is 16.5. The maximum absolute atomic E-state index is 12.4. The number of carbonyl (C=O) groups is 1. The van der Waals surface area contributed by atoms with Crippen molar-refractivity contribution in [3.63, 3.8) is 0 Å². The van der Waals surface area contributed by atoms with Crippen molar-refractivity contribution in [1.82, 2.24) is 4.90 Å². The molecule has 0 spiro atoms. The average molecular weight is 321 g/mol. The SMILES string of the molecule is COc1ccccc1[C@H]1CCN(C(=O)Nc2cccc(C#N)c2)C1. The molecule has 1 saturated heterocycles. The number of methoxy groups -OCH3 is 1. The van der Waals surface area contributed by atoms with Crippen LogP contribution in [0.3, 0.4) is 0 Å². The number of ether oxygens (including phenoxy) is 1. The minimum absolute atomic E-state index is 0.137. The Balaban J connectivity index is 1.67. The molecule has 0 radical (unpaired) electrons. The van der Waals surface area contributed by atoms with Crippen LogP contribution in [-0.2, 0) is 0 Å². The zero-order valence-corrected chi connectivity index (χ0v) is 13.5. The van der Waals surface area contributed by atoms with Gasteiger partial charge >= 0.3 is 6.03 Å². The highest BCUT2D eigenvalue weighted by molar-refractivity contribution is 5.89. The maximum Gasteiger partial charge on any atom is 0.321 e. The number of anilines is 1. The topological polar surface area (TPSA) is 65.4 Å². The molecule has 5 heteroatoms. The van der Waals surface area contributed by atoms with Crippen molar-refractivity contribution in [2.75, 3.05) is 25.5 Å². The van der Waals surface area contributed by atoms with Gasteiger partial charge in [-0.1, -0.05) is 24.3 Å². The number of para-hydroxylation sites is 1. The Morgan fingerprint density at radius 1 is 1.29 bits per heavy atom. The van der Waals surface area contributed by atoms with E-state index in [4.69, 9.17) is 10.00 Å². The monoisotopic (exact) mass is 321 g/mol. The van der Waals surface area contributed by atoms with E-state index in [1.54, 1.807) is 36.3 Å². The third kappa shape index (κ3) is 3.33. The summed E-state index contributed by atoms with van der Waals surface area (Å²) in [6.45, 7) is 1.36. The fourth-order valence-corrected chi connectivity index (χ4v) is 3.07. The first kappa shape index (κ1) is 15.9. The lowest BCUT2D eigenvalue weighted by Crippen LogP contribution is -2.32. The molecule has 2 aromatic rings. The van der Waals surface area contributed by atoms with E-state index in [2.05, 4.69) is 17.5 Å². The number of hydrogen-bond acceptors (Lipinski definition) is 3. The van der Waals surface area contributed by atoms with Gasteiger partial charge in [0.05, 0.1) is 18.7 Å². The second-order valence-corrected chi connectivity index (χ2v) is 5.80. The summed E-state index contributed by atoms with van der Waals surface area (Å²) >= 11 is 0. The Morgan fingerprint density at radius 3 is 2.92 bits per heavy atom. The molecule has 1 aliphatic rings. The second kappa shape index (κ2) is 7.05. The summed E-state index contributed by atoms with van der Waals surface area (Å²) in [5, 5.41) is 11.8. The van der Waals surface area contributed by atoms with E-state index >= 15 is 0 Å². The predicted molar refractivity (Wildman–Crippen MR) is 92.1 cm³/mol. The molecule has 24 heavy (non-hydrogen) atoms. The number of nitrogens with zero attached hydrogens (tertiary/aromatic N) is 2. The summed E-state index contributed by atoms with van der Waals surface area (Å²) in [6.07, 6.45) is 0.909. The van der Waals surface area contributed by atoms with Crippen molar-refractivity contribution in [3.05, 3.63) is 59.7 Å². The fourth-order valence-electron chi connectivity index (χ4n) is 3.07. The molecule has 0 aromatic heterocycles. The minimum atomic E-state index is -0.137. The van der Waals surface area contributed by atoms with Crippen LogP contribution in [0.15, 0.2) is 48.5 Å². The Labute approximate surface area is 141 Å². The molecule has 0 bridgehead atoms. The van der Waals surface area contributed by atoms with Crippen LogP contribution in [0.4, 0.5) is 10.5 Å². The summed E-state index contributed by atoms with van der Waals surface area (Å²) < 4.78 is 5.42. The van der Waals surface area contributed by atoms with E-state index in [0.29, 0.717) is 24.3 Å². The van der Waals surface area contributed by atoms with Gasteiger partial charge in [-0.05, 0) is 36.2 Å². The molecule has 2 amide bonds. The molecule has 0 aliphatic carbocycles. The number of nitriles is 1. The van der Waals surface area contributed by atoms with Crippen LogP contribution in [0.5, 0.6) is 5.75 Å². The lowest BCUT2D eigenvalue weighted by atomic mass is 9.97. The number of benzene rings is 2. The largest absolute Gasteiger partial charge is 0.496 e. The van der Waals surface area contributed by atoms with Crippen LogP contribution < -0.4 is 10.1 Å². The first-order chi connectivity index (χ1) is 11.7. The molecule has 1 heterocycles. The molecule has 1 fully saturated rings. The zero-order valence-electron chi connectivity index (χ0n) is 13.5. The van der Waals surface area contributed by atoms with E-state index in [1.165, 1.54) is 0 Å². The second-order valence-electron chi connectivity index (χ2n) is 5.80. The molecular weight excluding hydrogens is 302 g/mol. The summed E-state index contributed by atoms with van der Waals surface area (Å²) in [6, 6.07) is 16.8. The summed E-state index contributed by atoms with van der Waals surface area (Å²) in [5.41, 5.74) is 2.31. The van der Waals surface area contributed by atoms with Crippen LogP contribution in [0.1, 0.15) is 23.5 Å². The number of likely N-dealkylation sites (tertiary alicyclic amines) is 1. The van der Waals surface area contributed by atoms with Gasteiger partial charge in [0.15, 0.2) is 0 Å². The highest BCUT2D eigenvalue weighted by atomic mass is 16.5. The lowest BCUT2D eigenvalue weighted by molar-refractivity contribution is 0.222. The van der Waals surface area contributed by atoms with Gasteiger partial charge in [0.1, 0.15) is 5.75 Å². The molecule has 2 aromatic carbocycles. The van der Waals surface area contributed by atoms with Crippen LogP contribution in [0.25, 0.3) is 0 Å². The molecule has 122 valence electrons. The molecule has 3 rings (SSSR count). The Kier molecular flexibility index (Phi) is 4.66. The standard InChI is InChI=1S/C19H19N3O2/c1-24-18-8-3-2-7-17(18)15-9-10-22(13-15)19(23)21-16-6-4-5-14(11-16)12-20/h2-8,11,15H,9-10,13H2,1H3,(H,21,23)/t15-/m0/s1. The number of amides is 2. The van der Waals surface area contributed by atoms with Crippen molar-refractivity contribution >= 4 is 11.7 Å². The summed E-state index contributed by atoms with van der Waals surface area (Å²) in [7, 11) is 1.67. The Morgan fingerprint density at radius 2 is 2.12 bits per heavy atom. The highest BCUT2D eigenvalue weighted by Crippen LogP contribution is 2.33. The third-order valence-electron chi connectivity index (χ3n) is 4.30. The first-order valence-corrected chi connectivity index (χ1v) is 7.90. The molecule has 1 N–H and O–H groups in total. The first-order valence-electron chi connectivity index (χ1n) is 7.90. The maximum atomic E-state index is 12.4. The van der Waals surface area contributed by atoms with Gasteiger partial charge in [0, 0.05) is 24.7 Å². The van der Waals surface area contributed by atoms with E-state index < -0.39 is 0 Å². The molecule has 1 atom stereocenters. The summed E-state index contributed by atoms with van der Waals surface area (Å²) in [5.74, 6) is 1.14. The number of urea groups is 1. The molecular formula is C19H19N3O2. The van der Waals surface area contributed by atoms with Crippen molar-refractivity contribution in [3.8, 4) is 11.8 Å². The number of rotatable bonds is 3. The van der Waals surface area contributed by atoms with Gasteiger partial charge < -0.3 is 15.0 Å². The van der Waals surface area contributed by atoms with Gasteiger partial charge in [-0.25, -0.2) is 4.79 Å². The summed E-state index contributed by atoms with van der Waals surface area (Å²) in [4.78, 5) is 14.2. The van der Waals surface area contributed by atoms with Gasteiger partial charge in [-0.3, -0.25) is 0 Å². The lowest BCUT2D eigenvalue weighted by Gasteiger charge is -2.18. The number of carbonyl (C=O) groups excluding carboxylic acids is 1. The van der Waals surface area contributed by atoms with Gasteiger partial charge in [0.25, 0.3) is 0 Å². The van der Waals surface area contributed by atoms with Crippen LogP contribution in [0, 0.1) is 11.3 Å². The zero-order chi connectivity index (χ0) is 16.9. The van der Waals surface area contributed by atoms with Gasteiger partial charge in [-0.2, -0.15) is 5.26 Å². The minimum Gasteiger partial charge on any atom is -0.496 e. The predicted octanol–water partition coefficient (Wildman–Crippen LogP) is 3.59. The number of nitrogens with one attached hydrogen (secondary N) is 1. The van der Waals surface area contributed by atoms with E-state index in [1.807, 2.05) is 18.2 Å². The van der Waals surface area contributed by atoms with E-state index in [-0.39, 0.29) is 11.9 Å². The van der Waals surface area contributed by atoms with E-state index in [0.717, 1.165) is 17.7 Å². The Hall–Kier alpha value is -3.00. The number of hydrogen-bond donors (Lipinski definition) is 1.